The second-order valence-electron chi connectivity index (χ2n) is 4.20. The summed E-state index contributed by atoms with van der Waals surface area (Å²) < 4.78 is 44.1. The molecule has 9 heteroatoms. The zero-order chi connectivity index (χ0) is 14.8. The molecule has 0 bridgehead atoms. The van der Waals surface area contributed by atoms with Crippen LogP contribution in [0.4, 0.5) is 19.0 Å². The maximum atomic E-state index is 12.9. The first-order valence-corrected chi connectivity index (χ1v) is 5.79. The second-order valence-corrected chi connectivity index (χ2v) is 4.20. The number of rotatable bonds is 2. The number of amidine groups is 1. The van der Waals surface area contributed by atoms with Gasteiger partial charge < -0.3 is 20.6 Å². The molecule has 0 aromatic carbocycles. The summed E-state index contributed by atoms with van der Waals surface area (Å²) in [5, 5.41) is 11.4. The molecule has 2 heterocycles. The van der Waals surface area contributed by atoms with Crippen molar-refractivity contribution in [2.24, 2.45) is 10.9 Å². The second kappa shape index (κ2) is 5.53. The van der Waals surface area contributed by atoms with Gasteiger partial charge in [0.25, 0.3) is 0 Å². The SMILES string of the molecule is NC(=NO)C1CN(c2ncccc2C(F)(F)F)CCO1. The lowest BCUT2D eigenvalue weighted by Gasteiger charge is -2.34. The first-order valence-electron chi connectivity index (χ1n) is 5.79. The Morgan fingerprint density at radius 1 is 1.55 bits per heavy atom. The van der Waals surface area contributed by atoms with Gasteiger partial charge in [-0.3, -0.25) is 0 Å². The van der Waals surface area contributed by atoms with Crippen molar-refractivity contribution in [1.82, 2.24) is 4.98 Å². The number of hydrogen-bond donors (Lipinski definition) is 2. The van der Waals surface area contributed by atoms with Crippen LogP contribution < -0.4 is 10.6 Å². The molecule has 0 spiro atoms. The Morgan fingerprint density at radius 2 is 2.30 bits per heavy atom. The molecule has 0 saturated carbocycles. The molecule has 1 aliphatic rings. The number of halogens is 3. The van der Waals surface area contributed by atoms with Crippen LogP contribution in [0.1, 0.15) is 5.56 Å². The topological polar surface area (TPSA) is 84.0 Å². The number of oxime groups is 1. The Morgan fingerprint density at radius 3 is 2.95 bits per heavy atom. The van der Waals surface area contributed by atoms with Gasteiger partial charge in [-0.1, -0.05) is 5.16 Å². The van der Waals surface area contributed by atoms with Gasteiger partial charge in [-0.05, 0) is 12.1 Å². The van der Waals surface area contributed by atoms with E-state index in [1.165, 1.54) is 17.2 Å². The van der Waals surface area contributed by atoms with Crippen LogP contribution in [-0.4, -0.2) is 41.8 Å². The van der Waals surface area contributed by atoms with Gasteiger partial charge in [0, 0.05) is 12.7 Å². The van der Waals surface area contributed by atoms with Gasteiger partial charge in [0.15, 0.2) is 5.84 Å². The van der Waals surface area contributed by atoms with Gasteiger partial charge >= 0.3 is 6.18 Å². The minimum atomic E-state index is -4.49. The molecule has 0 radical (unpaired) electrons. The third-order valence-electron chi connectivity index (χ3n) is 2.90. The Kier molecular flexibility index (Phi) is 3.98. The lowest BCUT2D eigenvalue weighted by molar-refractivity contribution is -0.137. The summed E-state index contributed by atoms with van der Waals surface area (Å²) in [6.07, 6.45) is -3.97. The molecule has 2 rings (SSSR count). The maximum absolute atomic E-state index is 12.9. The van der Waals surface area contributed by atoms with E-state index in [1.54, 1.807) is 0 Å². The van der Waals surface area contributed by atoms with Crippen LogP contribution in [0.2, 0.25) is 0 Å². The van der Waals surface area contributed by atoms with Crippen LogP contribution >= 0.6 is 0 Å². The first-order chi connectivity index (χ1) is 9.43. The van der Waals surface area contributed by atoms with Gasteiger partial charge in [-0.25, -0.2) is 4.98 Å². The number of anilines is 1. The Hall–Kier alpha value is -2.03. The van der Waals surface area contributed by atoms with Crippen LogP contribution in [0.5, 0.6) is 0 Å². The summed E-state index contributed by atoms with van der Waals surface area (Å²) in [4.78, 5) is 5.21. The lowest BCUT2D eigenvalue weighted by Crippen LogP contribution is -2.49. The van der Waals surface area contributed by atoms with E-state index in [1.807, 2.05) is 0 Å². The summed E-state index contributed by atoms with van der Waals surface area (Å²) in [7, 11) is 0. The highest BCUT2D eigenvalue weighted by atomic mass is 19.4. The molecule has 1 aromatic rings. The number of nitrogens with zero attached hydrogens (tertiary/aromatic N) is 3. The van der Waals surface area contributed by atoms with E-state index < -0.39 is 17.8 Å². The number of aromatic nitrogens is 1. The van der Waals surface area contributed by atoms with E-state index in [0.717, 1.165) is 6.07 Å². The van der Waals surface area contributed by atoms with Crippen LogP contribution in [0, 0.1) is 0 Å². The van der Waals surface area contributed by atoms with Crippen molar-refractivity contribution in [2.45, 2.75) is 12.3 Å². The van der Waals surface area contributed by atoms with E-state index >= 15 is 0 Å². The highest BCUT2D eigenvalue weighted by Crippen LogP contribution is 2.35. The van der Waals surface area contributed by atoms with Crippen LogP contribution in [-0.2, 0) is 10.9 Å². The monoisotopic (exact) mass is 290 g/mol. The molecule has 1 saturated heterocycles. The first kappa shape index (κ1) is 14.4. The third kappa shape index (κ3) is 2.93. The summed E-state index contributed by atoms with van der Waals surface area (Å²) in [5.74, 6) is -0.363. The quantitative estimate of drug-likeness (QED) is 0.368. The van der Waals surface area contributed by atoms with Gasteiger partial charge in [0.2, 0.25) is 0 Å². The number of nitrogens with two attached hydrogens (primary N) is 1. The summed E-state index contributed by atoms with van der Waals surface area (Å²) in [5.41, 5.74) is 4.60. The molecular weight excluding hydrogens is 277 g/mol. The average molecular weight is 290 g/mol. The molecule has 3 N–H and O–H groups in total. The highest BCUT2D eigenvalue weighted by molar-refractivity contribution is 5.85. The molecule has 20 heavy (non-hydrogen) atoms. The van der Waals surface area contributed by atoms with Gasteiger partial charge in [0.05, 0.1) is 18.7 Å². The molecule has 1 aromatic heterocycles. The van der Waals surface area contributed by atoms with E-state index in [4.69, 9.17) is 15.7 Å². The Bertz CT molecular complexity index is 507. The van der Waals surface area contributed by atoms with Crippen LogP contribution in [0.3, 0.4) is 0 Å². The predicted molar refractivity (Wildman–Crippen MR) is 64.6 cm³/mol. The van der Waals surface area contributed by atoms with Gasteiger partial charge in [-0.15, -0.1) is 0 Å². The molecular formula is C11H13F3N4O2. The fraction of sp³-hybridized carbons (Fsp3) is 0.455. The van der Waals surface area contributed by atoms with Crippen molar-refractivity contribution >= 4 is 11.7 Å². The van der Waals surface area contributed by atoms with Crippen molar-refractivity contribution < 1.29 is 23.1 Å². The van der Waals surface area contributed by atoms with Crippen molar-refractivity contribution in [3.8, 4) is 0 Å². The van der Waals surface area contributed by atoms with Crippen molar-refractivity contribution in [3.63, 3.8) is 0 Å². The number of alkyl halides is 3. The predicted octanol–water partition coefficient (Wildman–Crippen LogP) is 1.05. The number of pyridine rings is 1. The number of ether oxygens (including phenoxy) is 1. The Labute approximate surface area is 112 Å². The highest BCUT2D eigenvalue weighted by Gasteiger charge is 2.37. The number of hydrogen-bond acceptors (Lipinski definition) is 5. The smallest absolute Gasteiger partial charge is 0.409 e. The standard InChI is InChI=1S/C11H13F3N4O2/c12-11(13,14)7-2-1-3-16-10(7)18-4-5-20-8(6-18)9(15)17-19/h1-3,8,19H,4-6H2,(H2,15,17). The minimum Gasteiger partial charge on any atom is -0.409 e. The molecule has 0 aliphatic carbocycles. The molecule has 1 atom stereocenters. The molecule has 0 amide bonds. The molecule has 1 aliphatic heterocycles. The van der Waals surface area contributed by atoms with Gasteiger partial charge in [-0.2, -0.15) is 13.2 Å². The summed E-state index contributed by atoms with van der Waals surface area (Å²) >= 11 is 0. The van der Waals surface area contributed by atoms with Crippen LogP contribution in [0.15, 0.2) is 23.5 Å². The maximum Gasteiger partial charge on any atom is 0.419 e. The molecule has 1 unspecified atom stereocenters. The molecule has 6 nitrogen and oxygen atoms in total. The van der Waals surface area contributed by atoms with E-state index in [2.05, 4.69) is 10.1 Å². The fourth-order valence-corrected chi connectivity index (χ4v) is 1.96. The summed E-state index contributed by atoms with van der Waals surface area (Å²) in [6, 6.07) is 2.20. The molecule has 110 valence electrons. The Balaban J connectivity index is 2.28. The van der Waals surface area contributed by atoms with Crippen LogP contribution in [0.25, 0.3) is 0 Å². The fourth-order valence-electron chi connectivity index (χ4n) is 1.96. The zero-order valence-corrected chi connectivity index (χ0v) is 10.3. The van der Waals surface area contributed by atoms with Crippen molar-refractivity contribution in [3.05, 3.63) is 23.9 Å². The van der Waals surface area contributed by atoms with E-state index in [-0.39, 0.29) is 31.3 Å². The lowest BCUT2D eigenvalue weighted by atomic mass is 10.2. The minimum absolute atomic E-state index is 0.0377. The molecule has 1 fully saturated rings. The number of morpholine rings is 1. The van der Waals surface area contributed by atoms with E-state index in [0.29, 0.717) is 0 Å². The van der Waals surface area contributed by atoms with Crippen molar-refractivity contribution in [1.29, 1.82) is 0 Å². The zero-order valence-electron chi connectivity index (χ0n) is 10.3. The normalized spacial score (nSPS) is 21.1. The van der Waals surface area contributed by atoms with Gasteiger partial charge in [0.1, 0.15) is 11.9 Å². The van der Waals surface area contributed by atoms with E-state index in [9.17, 15) is 13.2 Å². The third-order valence-corrected chi connectivity index (χ3v) is 2.90. The average Bonchev–Trinajstić information content (AvgIpc) is 2.45. The summed E-state index contributed by atoms with van der Waals surface area (Å²) in [6.45, 7) is 0.444. The van der Waals surface area contributed by atoms with Crippen molar-refractivity contribution in [2.75, 3.05) is 24.6 Å². The largest absolute Gasteiger partial charge is 0.419 e.